The molecule has 3 fully saturated rings. The van der Waals surface area contributed by atoms with Gasteiger partial charge in [0.05, 0.1) is 24.3 Å². The van der Waals surface area contributed by atoms with Crippen LogP contribution in [0.25, 0.3) is 0 Å². The van der Waals surface area contributed by atoms with Crippen LogP contribution >= 0.6 is 11.3 Å². The van der Waals surface area contributed by atoms with Crippen LogP contribution in [0, 0.1) is 5.92 Å². The maximum absolute atomic E-state index is 12.6. The zero-order valence-electron chi connectivity index (χ0n) is 14.3. The first-order valence-electron chi connectivity index (χ1n) is 9.28. The Balaban J connectivity index is 1.33. The molecule has 2 aliphatic heterocycles. The van der Waals surface area contributed by atoms with Gasteiger partial charge in [0, 0.05) is 31.6 Å². The maximum Gasteiger partial charge on any atom is 0.273 e. The van der Waals surface area contributed by atoms with Crippen LogP contribution < -0.4 is 0 Å². The lowest BCUT2D eigenvalue weighted by molar-refractivity contribution is -0.128. The number of carbonyl (C=O) groups excluding carboxylic acids is 1. The summed E-state index contributed by atoms with van der Waals surface area (Å²) in [7, 11) is 0. The third kappa shape index (κ3) is 3.51. The fourth-order valence-corrected chi connectivity index (χ4v) is 5.03. The van der Waals surface area contributed by atoms with E-state index in [4.69, 9.17) is 4.74 Å². The summed E-state index contributed by atoms with van der Waals surface area (Å²) in [6.07, 6.45) is 7.74. The standard InChI is InChI=1S/C18H27N3O2S/c22-17(16-12-24-14-19-16)21-9-10-23-18(13-21)5-7-20(8-6-18)11-15-3-1-2-4-15/h12,14-15H,1-11,13H2. The van der Waals surface area contributed by atoms with E-state index in [1.165, 1.54) is 43.6 Å². The second-order valence-corrected chi connectivity index (χ2v) is 8.30. The van der Waals surface area contributed by atoms with E-state index in [0.29, 0.717) is 18.8 Å². The van der Waals surface area contributed by atoms with E-state index in [1.807, 2.05) is 10.3 Å². The summed E-state index contributed by atoms with van der Waals surface area (Å²) in [5.74, 6) is 0.973. The quantitative estimate of drug-likeness (QED) is 0.842. The van der Waals surface area contributed by atoms with Crippen molar-refractivity contribution in [1.82, 2.24) is 14.8 Å². The first-order valence-corrected chi connectivity index (χ1v) is 10.2. The SMILES string of the molecule is O=C(c1cscn1)N1CCOC2(CCN(CC3CCCC3)CC2)C1. The predicted molar refractivity (Wildman–Crippen MR) is 94.3 cm³/mol. The number of morpholine rings is 1. The summed E-state index contributed by atoms with van der Waals surface area (Å²) in [4.78, 5) is 21.3. The Morgan fingerprint density at radius 1 is 1.29 bits per heavy atom. The molecule has 0 aromatic carbocycles. The molecule has 0 bridgehead atoms. The molecule has 24 heavy (non-hydrogen) atoms. The molecule has 2 saturated heterocycles. The number of hydrogen-bond donors (Lipinski definition) is 0. The molecule has 3 aliphatic rings. The minimum absolute atomic E-state index is 0.0623. The highest BCUT2D eigenvalue weighted by atomic mass is 32.1. The van der Waals surface area contributed by atoms with E-state index >= 15 is 0 Å². The van der Waals surface area contributed by atoms with Crippen LogP contribution in [0.1, 0.15) is 49.0 Å². The number of aromatic nitrogens is 1. The predicted octanol–water partition coefficient (Wildman–Crippen LogP) is 2.64. The first-order chi connectivity index (χ1) is 11.7. The smallest absolute Gasteiger partial charge is 0.273 e. The Bertz CT molecular complexity index is 549. The number of hydrogen-bond acceptors (Lipinski definition) is 5. The van der Waals surface area contributed by atoms with Crippen LogP contribution in [0.5, 0.6) is 0 Å². The van der Waals surface area contributed by atoms with E-state index in [-0.39, 0.29) is 11.5 Å². The average molecular weight is 350 g/mol. The molecule has 132 valence electrons. The van der Waals surface area contributed by atoms with E-state index < -0.39 is 0 Å². The van der Waals surface area contributed by atoms with Gasteiger partial charge in [0.2, 0.25) is 0 Å². The normalized spacial score (nSPS) is 25.4. The van der Waals surface area contributed by atoms with Crippen molar-refractivity contribution in [2.45, 2.75) is 44.1 Å². The summed E-state index contributed by atoms with van der Waals surface area (Å²) in [5.41, 5.74) is 2.18. The van der Waals surface area contributed by atoms with Gasteiger partial charge in [0.15, 0.2) is 0 Å². The third-order valence-electron chi connectivity index (χ3n) is 5.95. The fourth-order valence-electron chi connectivity index (χ4n) is 4.50. The lowest BCUT2D eigenvalue weighted by atomic mass is 9.88. The molecule has 6 heteroatoms. The summed E-state index contributed by atoms with van der Waals surface area (Å²) in [5, 5.41) is 1.84. The van der Waals surface area contributed by atoms with Crippen molar-refractivity contribution in [3.63, 3.8) is 0 Å². The molecule has 0 N–H and O–H groups in total. The van der Waals surface area contributed by atoms with Crippen molar-refractivity contribution in [2.24, 2.45) is 5.92 Å². The summed E-state index contributed by atoms with van der Waals surface area (Å²) in [6.45, 7) is 5.53. The molecule has 1 spiro atoms. The molecule has 3 heterocycles. The largest absolute Gasteiger partial charge is 0.371 e. The lowest BCUT2D eigenvalue weighted by Gasteiger charge is -2.47. The molecule has 0 radical (unpaired) electrons. The maximum atomic E-state index is 12.6. The first kappa shape index (κ1) is 16.5. The molecule has 5 nitrogen and oxygen atoms in total. The van der Waals surface area contributed by atoms with Crippen molar-refractivity contribution in [1.29, 1.82) is 0 Å². The van der Waals surface area contributed by atoms with Gasteiger partial charge >= 0.3 is 0 Å². The van der Waals surface area contributed by atoms with Crippen molar-refractivity contribution in [3.8, 4) is 0 Å². The van der Waals surface area contributed by atoms with Crippen LogP contribution in [0.2, 0.25) is 0 Å². The van der Waals surface area contributed by atoms with E-state index in [0.717, 1.165) is 38.4 Å². The van der Waals surface area contributed by atoms with Gasteiger partial charge in [-0.2, -0.15) is 0 Å². The molecule has 1 amide bonds. The van der Waals surface area contributed by atoms with Crippen molar-refractivity contribution in [3.05, 3.63) is 16.6 Å². The Kier molecular flexibility index (Phi) is 4.88. The van der Waals surface area contributed by atoms with Crippen LogP contribution in [0.15, 0.2) is 10.9 Å². The number of rotatable bonds is 3. The molecule has 4 rings (SSSR count). The van der Waals surface area contributed by atoms with Gasteiger partial charge in [-0.25, -0.2) is 4.98 Å². The number of carbonyl (C=O) groups is 1. The zero-order valence-corrected chi connectivity index (χ0v) is 15.1. The second kappa shape index (κ2) is 7.10. The number of nitrogens with zero attached hydrogens (tertiary/aromatic N) is 3. The zero-order chi connectivity index (χ0) is 16.4. The molecule has 1 aromatic rings. The number of amides is 1. The molecular weight excluding hydrogens is 322 g/mol. The molecule has 0 unspecified atom stereocenters. The fraction of sp³-hybridized carbons (Fsp3) is 0.778. The van der Waals surface area contributed by atoms with Gasteiger partial charge in [-0.3, -0.25) is 4.79 Å². The van der Waals surface area contributed by atoms with Crippen LogP contribution in [0.3, 0.4) is 0 Å². The minimum atomic E-state index is -0.129. The van der Waals surface area contributed by atoms with Crippen molar-refractivity contribution < 1.29 is 9.53 Å². The third-order valence-corrected chi connectivity index (χ3v) is 6.53. The Morgan fingerprint density at radius 3 is 2.79 bits per heavy atom. The van der Waals surface area contributed by atoms with Crippen LogP contribution in [-0.2, 0) is 4.74 Å². The highest BCUT2D eigenvalue weighted by molar-refractivity contribution is 7.07. The Labute approximate surface area is 148 Å². The van der Waals surface area contributed by atoms with Gasteiger partial charge in [-0.15, -0.1) is 11.3 Å². The number of thiazole rings is 1. The summed E-state index contributed by atoms with van der Waals surface area (Å²) >= 11 is 1.48. The van der Waals surface area contributed by atoms with E-state index in [1.54, 1.807) is 5.51 Å². The minimum Gasteiger partial charge on any atom is -0.371 e. The molecule has 1 saturated carbocycles. The number of likely N-dealkylation sites (tertiary alicyclic amines) is 1. The summed E-state index contributed by atoms with van der Waals surface area (Å²) in [6, 6.07) is 0. The van der Waals surface area contributed by atoms with Gasteiger partial charge in [0.1, 0.15) is 5.69 Å². The molecule has 0 atom stereocenters. The van der Waals surface area contributed by atoms with Gasteiger partial charge in [-0.1, -0.05) is 12.8 Å². The molecule has 1 aromatic heterocycles. The number of piperidine rings is 1. The Morgan fingerprint density at radius 2 is 2.08 bits per heavy atom. The summed E-state index contributed by atoms with van der Waals surface area (Å²) < 4.78 is 6.18. The van der Waals surface area contributed by atoms with Gasteiger partial charge < -0.3 is 14.5 Å². The van der Waals surface area contributed by atoms with Gasteiger partial charge in [-0.05, 0) is 31.6 Å². The molecular formula is C18H27N3O2S. The lowest BCUT2D eigenvalue weighted by Crippen LogP contribution is -2.58. The highest BCUT2D eigenvalue weighted by Gasteiger charge is 2.41. The monoisotopic (exact) mass is 349 g/mol. The van der Waals surface area contributed by atoms with Crippen molar-refractivity contribution in [2.75, 3.05) is 39.3 Å². The van der Waals surface area contributed by atoms with E-state index in [9.17, 15) is 4.79 Å². The van der Waals surface area contributed by atoms with Crippen LogP contribution in [-0.4, -0.2) is 65.6 Å². The highest BCUT2D eigenvalue weighted by Crippen LogP contribution is 2.32. The molecule has 1 aliphatic carbocycles. The van der Waals surface area contributed by atoms with Gasteiger partial charge in [0.25, 0.3) is 5.91 Å². The van der Waals surface area contributed by atoms with Crippen molar-refractivity contribution >= 4 is 17.2 Å². The average Bonchev–Trinajstić information content (AvgIpc) is 3.30. The second-order valence-electron chi connectivity index (χ2n) is 7.58. The van der Waals surface area contributed by atoms with E-state index in [2.05, 4.69) is 9.88 Å². The topological polar surface area (TPSA) is 45.7 Å². The number of ether oxygens (including phenoxy) is 1. The Hall–Kier alpha value is -0.980. The van der Waals surface area contributed by atoms with Crippen LogP contribution in [0.4, 0.5) is 0 Å².